The molecule has 30 heavy (non-hydrogen) atoms. The van der Waals surface area contributed by atoms with Crippen molar-refractivity contribution in [3.63, 3.8) is 0 Å². The summed E-state index contributed by atoms with van der Waals surface area (Å²) in [7, 11) is 0. The summed E-state index contributed by atoms with van der Waals surface area (Å²) < 4.78 is 7.69. The van der Waals surface area contributed by atoms with E-state index in [9.17, 15) is 0 Å². The molecule has 0 aromatic heterocycles. The van der Waals surface area contributed by atoms with Crippen LogP contribution in [0.1, 0.15) is 32.8 Å². The molecule has 0 radical (unpaired) electrons. The maximum atomic E-state index is 5.87. The van der Waals surface area contributed by atoms with E-state index in [-0.39, 0.29) is 6.66 Å². The first kappa shape index (κ1) is 24.4. The third-order valence-electron chi connectivity index (χ3n) is 4.77. The van der Waals surface area contributed by atoms with E-state index in [1.807, 2.05) is 47.2 Å². The molecule has 0 atom stereocenters. The van der Waals surface area contributed by atoms with E-state index < -0.39 is 0 Å². The average molecular weight is 451 g/mol. The molecule has 2 aromatic rings. The van der Waals surface area contributed by atoms with Gasteiger partial charge in [-0.1, -0.05) is 66.3 Å². The molecule has 2 aromatic carbocycles. The molecule has 1 nitrogen and oxygen atoms in total. The summed E-state index contributed by atoms with van der Waals surface area (Å²) in [6.45, 7) is 11.7. The monoisotopic (exact) mass is 450 g/mol. The van der Waals surface area contributed by atoms with E-state index >= 15 is 0 Å². The summed E-state index contributed by atoms with van der Waals surface area (Å²) in [5.74, 6) is 0.896. The topological polar surface area (TPSA) is 9.23 Å². The quantitative estimate of drug-likeness (QED) is 0.315. The molecule has 0 heterocycles. The second kappa shape index (κ2) is 13.4. The molecule has 0 N–H and O–H groups in total. The summed E-state index contributed by atoms with van der Waals surface area (Å²) in [5.41, 5.74) is 5.20. The van der Waals surface area contributed by atoms with Crippen LogP contribution in [0, 0.1) is 0 Å². The van der Waals surface area contributed by atoms with E-state index in [0.717, 1.165) is 5.75 Å². The second-order valence-electron chi connectivity index (χ2n) is 7.74. The van der Waals surface area contributed by atoms with Gasteiger partial charge >= 0.3 is 73.1 Å². The first-order valence-corrected chi connectivity index (χ1v) is 17.1. The van der Waals surface area contributed by atoms with Crippen LogP contribution in [0.5, 0.6) is 5.75 Å². The van der Waals surface area contributed by atoms with Crippen LogP contribution in [0.25, 0.3) is 5.57 Å². The summed E-state index contributed by atoms with van der Waals surface area (Å²) in [6.07, 6.45) is 10.2. The largest absolute Gasteiger partial charge is 0.489 e. The van der Waals surface area contributed by atoms with E-state index in [0.29, 0.717) is 25.0 Å². The van der Waals surface area contributed by atoms with Gasteiger partial charge in [0, 0.05) is 0 Å². The SMILES string of the molecule is CC1=[C]([Ti][SiH](C)C)CC=C1.CC=C(C)C=C(COc1ccccc1)c1ccccc1. The van der Waals surface area contributed by atoms with Gasteiger partial charge in [0.1, 0.15) is 12.4 Å². The third-order valence-corrected chi connectivity index (χ3v) is 11.0. The fraction of sp³-hybridized carbons (Fsp3) is 0.259. The molecule has 0 saturated heterocycles. The minimum atomic E-state index is -0.235. The number of hydrogen-bond donors (Lipinski definition) is 0. The Hall–Kier alpha value is -1.87. The number of rotatable bonds is 7. The van der Waals surface area contributed by atoms with Crippen LogP contribution in [-0.2, 0) is 18.4 Å². The van der Waals surface area contributed by atoms with Crippen LogP contribution in [0.3, 0.4) is 0 Å². The molecule has 3 heteroatoms. The molecule has 0 amide bonds. The molecule has 0 aliphatic heterocycles. The Kier molecular flexibility index (Phi) is 10.9. The van der Waals surface area contributed by atoms with Crippen molar-refractivity contribution in [3.8, 4) is 5.75 Å². The molecule has 3 rings (SSSR count). The number of ether oxygens (including phenoxy) is 1. The van der Waals surface area contributed by atoms with E-state index in [4.69, 9.17) is 4.74 Å². The zero-order chi connectivity index (χ0) is 21.8. The number of para-hydroxylation sites is 1. The molecule has 0 fully saturated rings. The Bertz CT molecular complexity index is 893. The number of benzene rings is 2. The third kappa shape index (κ3) is 8.87. The Balaban J connectivity index is 0.000000269. The van der Waals surface area contributed by atoms with E-state index in [1.165, 1.54) is 23.1 Å². The summed E-state index contributed by atoms with van der Waals surface area (Å²) in [4.78, 5) is 0. The number of hydrogen-bond acceptors (Lipinski definition) is 1. The van der Waals surface area contributed by atoms with Crippen molar-refractivity contribution in [1.29, 1.82) is 0 Å². The minimum absolute atomic E-state index is 0.235. The second-order valence-corrected chi connectivity index (χ2v) is 18.0. The van der Waals surface area contributed by atoms with Crippen LogP contribution in [-0.4, -0.2) is 13.3 Å². The van der Waals surface area contributed by atoms with Gasteiger partial charge in [0.05, 0.1) is 0 Å². The fourth-order valence-corrected chi connectivity index (χ4v) is 9.27. The van der Waals surface area contributed by atoms with Crippen LogP contribution in [0.15, 0.2) is 100.0 Å². The first-order chi connectivity index (χ1) is 14.5. The normalized spacial score (nSPS) is 13.9. The maximum Gasteiger partial charge on any atom is 0.119 e. The predicted octanol–water partition coefficient (Wildman–Crippen LogP) is 7.40. The summed E-state index contributed by atoms with van der Waals surface area (Å²) in [6, 6.07) is 20.3. The van der Waals surface area contributed by atoms with Crippen LogP contribution in [0.2, 0.25) is 13.1 Å². The van der Waals surface area contributed by atoms with Gasteiger partial charge in [-0.25, -0.2) is 0 Å². The average Bonchev–Trinajstić information content (AvgIpc) is 3.16. The van der Waals surface area contributed by atoms with Crippen LogP contribution >= 0.6 is 0 Å². The Morgan fingerprint density at radius 1 is 1.03 bits per heavy atom. The van der Waals surface area contributed by atoms with Gasteiger partial charge in [-0.3, -0.25) is 0 Å². The first-order valence-electron chi connectivity index (χ1n) is 10.7. The zero-order valence-electron chi connectivity index (χ0n) is 19.0. The van der Waals surface area contributed by atoms with Crippen molar-refractivity contribution in [2.45, 2.75) is 40.3 Å². The Labute approximate surface area is 193 Å². The summed E-state index contributed by atoms with van der Waals surface area (Å²) in [5, 5.41) is 0. The molecule has 0 spiro atoms. The zero-order valence-corrected chi connectivity index (χ0v) is 21.7. The Morgan fingerprint density at radius 2 is 1.67 bits per heavy atom. The van der Waals surface area contributed by atoms with Crippen molar-refractivity contribution in [2.75, 3.05) is 6.61 Å². The van der Waals surface area contributed by atoms with Crippen molar-refractivity contribution in [3.05, 3.63) is 106 Å². The standard InChI is InChI=1S/C19H20O.C6H7.C2H7Si.Ti/c1-3-16(2)14-18(17-10-6-4-7-11-17)15-20-19-12-8-5-9-13-19;1-6-4-2-3-5-6;1-3-2;/h3-14H,15H2,1-2H3;2,4H,3H2,1H3;3H,1-2H3;. The van der Waals surface area contributed by atoms with Crippen molar-refractivity contribution in [2.24, 2.45) is 0 Å². The molecule has 0 unspecified atom stereocenters. The van der Waals surface area contributed by atoms with Crippen molar-refractivity contribution < 1.29 is 23.1 Å². The van der Waals surface area contributed by atoms with E-state index in [2.05, 4.69) is 75.5 Å². The van der Waals surface area contributed by atoms with Crippen molar-refractivity contribution in [1.82, 2.24) is 0 Å². The van der Waals surface area contributed by atoms with Gasteiger partial charge in [-0.05, 0) is 37.1 Å². The van der Waals surface area contributed by atoms with Gasteiger partial charge in [0.15, 0.2) is 0 Å². The van der Waals surface area contributed by atoms with Crippen LogP contribution in [0.4, 0.5) is 0 Å². The van der Waals surface area contributed by atoms with E-state index in [1.54, 1.807) is 5.57 Å². The molecule has 156 valence electrons. The van der Waals surface area contributed by atoms with Gasteiger partial charge in [-0.2, -0.15) is 0 Å². The fourth-order valence-electron chi connectivity index (χ4n) is 3.03. The molecule has 0 bridgehead atoms. The summed E-state index contributed by atoms with van der Waals surface area (Å²) >= 11 is 0.350. The molecule has 1 aliphatic carbocycles. The molecule has 1 aliphatic rings. The molecular weight excluding hydrogens is 416 g/mol. The van der Waals surface area contributed by atoms with Gasteiger partial charge in [-0.15, -0.1) is 0 Å². The van der Waals surface area contributed by atoms with Crippen LogP contribution < -0.4 is 4.74 Å². The molecule has 0 saturated carbocycles. The van der Waals surface area contributed by atoms with Crippen molar-refractivity contribution >= 4 is 12.2 Å². The smallest absolute Gasteiger partial charge is 0.119 e. The number of allylic oxidation sites excluding steroid dienone is 7. The van der Waals surface area contributed by atoms with Gasteiger partial charge in [0.2, 0.25) is 0 Å². The maximum absolute atomic E-state index is 5.87. The molecular formula is C27H34OSiTi. The predicted molar refractivity (Wildman–Crippen MR) is 131 cm³/mol. The Morgan fingerprint density at radius 3 is 2.20 bits per heavy atom. The van der Waals surface area contributed by atoms with Gasteiger partial charge < -0.3 is 4.74 Å². The van der Waals surface area contributed by atoms with Gasteiger partial charge in [0.25, 0.3) is 0 Å². The minimum Gasteiger partial charge on any atom is -0.489 e.